The van der Waals surface area contributed by atoms with Crippen LogP contribution >= 0.6 is 0 Å². The van der Waals surface area contributed by atoms with E-state index in [0.717, 1.165) is 5.06 Å². The first kappa shape index (κ1) is 12.1. The van der Waals surface area contributed by atoms with Crippen molar-refractivity contribution in [3.63, 3.8) is 0 Å². The van der Waals surface area contributed by atoms with Crippen LogP contribution in [0.15, 0.2) is 18.2 Å². The standard InChI is InChI=1S/C10H12N2O4/c1-7-6-8(12(14)15)4-5-9(7)10(13)11(2)16-3/h4-6H,1-3H3. The van der Waals surface area contributed by atoms with E-state index in [1.54, 1.807) is 6.92 Å². The zero-order chi connectivity index (χ0) is 12.3. The maximum absolute atomic E-state index is 11.7. The number of aryl methyl sites for hydroxylation is 1. The number of amides is 1. The van der Waals surface area contributed by atoms with E-state index in [1.165, 1.54) is 32.4 Å². The second-order valence-corrected chi connectivity index (χ2v) is 3.24. The molecule has 0 aromatic heterocycles. The summed E-state index contributed by atoms with van der Waals surface area (Å²) in [5.41, 5.74) is 0.896. The van der Waals surface area contributed by atoms with Crippen molar-refractivity contribution in [3.8, 4) is 0 Å². The highest BCUT2D eigenvalue weighted by molar-refractivity contribution is 5.95. The van der Waals surface area contributed by atoms with Gasteiger partial charge in [-0.3, -0.25) is 19.7 Å². The van der Waals surface area contributed by atoms with Crippen LogP contribution in [0.1, 0.15) is 15.9 Å². The van der Waals surface area contributed by atoms with E-state index in [4.69, 9.17) is 4.84 Å². The van der Waals surface area contributed by atoms with Crippen LogP contribution in [0.4, 0.5) is 5.69 Å². The van der Waals surface area contributed by atoms with Crippen LogP contribution in [-0.4, -0.2) is 30.1 Å². The number of benzene rings is 1. The molecule has 0 saturated carbocycles. The lowest BCUT2D eigenvalue weighted by Gasteiger charge is -2.14. The van der Waals surface area contributed by atoms with E-state index < -0.39 is 4.92 Å². The van der Waals surface area contributed by atoms with Gasteiger partial charge in [0, 0.05) is 24.7 Å². The van der Waals surface area contributed by atoms with E-state index in [1.807, 2.05) is 0 Å². The third-order valence-electron chi connectivity index (χ3n) is 2.21. The Kier molecular flexibility index (Phi) is 3.57. The largest absolute Gasteiger partial charge is 0.277 e. The highest BCUT2D eigenvalue weighted by atomic mass is 16.7. The first-order valence-corrected chi connectivity index (χ1v) is 4.54. The number of rotatable bonds is 3. The lowest BCUT2D eigenvalue weighted by atomic mass is 10.1. The summed E-state index contributed by atoms with van der Waals surface area (Å²) < 4.78 is 0. The number of non-ortho nitro benzene ring substituents is 1. The number of hydrogen-bond acceptors (Lipinski definition) is 4. The van der Waals surface area contributed by atoms with Crippen molar-refractivity contribution in [1.82, 2.24) is 5.06 Å². The monoisotopic (exact) mass is 224 g/mol. The molecule has 16 heavy (non-hydrogen) atoms. The van der Waals surface area contributed by atoms with Crippen LogP contribution in [0.2, 0.25) is 0 Å². The van der Waals surface area contributed by atoms with Gasteiger partial charge in [0.1, 0.15) is 0 Å². The average molecular weight is 224 g/mol. The Morgan fingerprint density at radius 3 is 2.56 bits per heavy atom. The van der Waals surface area contributed by atoms with Crippen LogP contribution in [0.5, 0.6) is 0 Å². The summed E-state index contributed by atoms with van der Waals surface area (Å²) in [6.07, 6.45) is 0. The Hall–Kier alpha value is -1.95. The minimum absolute atomic E-state index is 0.0332. The number of nitro groups is 1. The molecule has 0 spiro atoms. The van der Waals surface area contributed by atoms with Crippen molar-refractivity contribution < 1.29 is 14.6 Å². The number of carbonyl (C=O) groups excluding carboxylic acids is 1. The van der Waals surface area contributed by atoms with Gasteiger partial charge in [-0.15, -0.1) is 0 Å². The molecule has 0 saturated heterocycles. The lowest BCUT2D eigenvalue weighted by molar-refractivity contribution is -0.384. The average Bonchev–Trinajstić information content (AvgIpc) is 2.26. The van der Waals surface area contributed by atoms with Crippen LogP contribution in [0.25, 0.3) is 0 Å². The minimum Gasteiger partial charge on any atom is -0.274 e. The molecule has 6 nitrogen and oxygen atoms in total. The van der Waals surface area contributed by atoms with E-state index in [2.05, 4.69) is 0 Å². The number of carbonyl (C=O) groups is 1. The Balaban J connectivity index is 3.08. The van der Waals surface area contributed by atoms with E-state index in [-0.39, 0.29) is 11.6 Å². The molecule has 0 N–H and O–H groups in total. The van der Waals surface area contributed by atoms with Crippen molar-refractivity contribution in [2.75, 3.05) is 14.2 Å². The summed E-state index contributed by atoms with van der Waals surface area (Å²) in [6.45, 7) is 1.64. The van der Waals surface area contributed by atoms with E-state index in [9.17, 15) is 14.9 Å². The predicted octanol–water partition coefficient (Wildman–Crippen LogP) is 1.54. The second-order valence-electron chi connectivity index (χ2n) is 3.24. The molecule has 1 aromatic carbocycles. The number of hydrogen-bond donors (Lipinski definition) is 0. The fraction of sp³-hybridized carbons (Fsp3) is 0.300. The maximum atomic E-state index is 11.7. The topological polar surface area (TPSA) is 72.7 Å². The van der Waals surface area contributed by atoms with Crippen LogP contribution in [-0.2, 0) is 4.84 Å². The first-order valence-electron chi connectivity index (χ1n) is 4.54. The summed E-state index contributed by atoms with van der Waals surface area (Å²) in [4.78, 5) is 26.5. The molecule has 0 aliphatic rings. The zero-order valence-corrected chi connectivity index (χ0v) is 9.26. The molecule has 1 rings (SSSR count). The maximum Gasteiger partial charge on any atom is 0.277 e. The summed E-state index contributed by atoms with van der Waals surface area (Å²) in [6, 6.07) is 4.08. The molecule has 1 amide bonds. The summed E-state index contributed by atoms with van der Waals surface area (Å²) in [5, 5.41) is 11.6. The smallest absolute Gasteiger partial charge is 0.274 e. The van der Waals surface area contributed by atoms with Crippen molar-refractivity contribution in [2.24, 2.45) is 0 Å². The molecule has 0 atom stereocenters. The third kappa shape index (κ3) is 2.34. The predicted molar refractivity (Wildman–Crippen MR) is 56.9 cm³/mol. The van der Waals surface area contributed by atoms with Crippen LogP contribution in [0.3, 0.4) is 0 Å². The molecule has 0 unspecified atom stereocenters. The quantitative estimate of drug-likeness (QED) is 0.576. The van der Waals surface area contributed by atoms with Gasteiger partial charge in [0.15, 0.2) is 0 Å². The molecule has 0 aliphatic heterocycles. The minimum atomic E-state index is -0.499. The first-order chi connectivity index (χ1) is 7.47. The SMILES string of the molecule is CON(C)C(=O)c1ccc([N+](=O)[O-])cc1C. The van der Waals surface area contributed by atoms with Crippen molar-refractivity contribution in [2.45, 2.75) is 6.92 Å². The summed E-state index contributed by atoms with van der Waals surface area (Å²) in [7, 11) is 2.85. The van der Waals surface area contributed by atoms with Crippen LogP contribution in [0, 0.1) is 17.0 Å². The molecule has 0 radical (unpaired) electrons. The Morgan fingerprint density at radius 1 is 1.50 bits per heavy atom. The molecular formula is C10H12N2O4. The molecule has 6 heteroatoms. The molecule has 0 heterocycles. The van der Waals surface area contributed by atoms with Gasteiger partial charge >= 0.3 is 0 Å². The van der Waals surface area contributed by atoms with Gasteiger partial charge in [-0.05, 0) is 18.6 Å². The molecule has 1 aromatic rings. The van der Waals surface area contributed by atoms with Gasteiger partial charge in [0.25, 0.3) is 11.6 Å². The Morgan fingerprint density at radius 2 is 2.12 bits per heavy atom. The van der Waals surface area contributed by atoms with Crippen molar-refractivity contribution in [1.29, 1.82) is 0 Å². The fourth-order valence-corrected chi connectivity index (χ4v) is 1.25. The highest BCUT2D eigenvalue weighted by Crippen LogP contribution is 2.18. The second kappa shape index (κ2) is 4.71. The van der Waals surface area contributed by atoms with Gasteiger partial charge in [0.2, 0.25) is 0 Å². The summed E-state index contributed by atoms with van der Waals surface area (Å²) >= 11 is 0. The highest BCUT2D eigenvalue weighted by Gasteiger charge is 2.16. The van der Waals surface area contributed by atoms with Crippen LogP contribution < -0.4 is 0 Å². The molecule has 0 aliphatic carbocycles. The lowest BCUT2D eigenvalue weighted by Crippen LogP contribution is -2.26. The number of nitro benzene ring substituents is 1. The van der Waals surface area contributed by atoms with Crippen molar-refractivity contribution in [3.05, 3.63) is 39.4 Å². The molecular weight excluding hydrogens is 212 g/mol. The van der Waals surface area contributed by atoms with Gasteiger partial charge in [-0.2, -0.15) is 0 Å². The molecule has 86 valence electrons. The Bertz CT molecular complexity index is 431. The van der Waals surface area contributed by atoms with Gasteiger partial charge in [-0.1, -0.05) is 0 Å². The summed E-state index contributed by atoms with van der Waals surface area (Å²) in [5.74, 6) is -0.338. The number of hydroxylamine groups is 2. The van der Waals surface area contributed by atoms with E-state index >= 15 is 0 Å². The van der Waals surface area contributed by atoms with Gasteiger partial charge in [-0.25, -0.2) is 5.06 Å². The Labute approximate surface area is 92.5 Å². The van der Waals surface area contributed by atoms with Crippen molar-refractivity contribution >= 4 is 11.6 Å². The van der Waals surface area contributed by atoms with E-state index in [0.29, 0.717) is 11.1 Å². The molecule has 0 bridgehead atoms. The normalized spacial score (nSPS) is 9.94. The third-order valence-corrected chi connectivity index (χ3v) is 2.21. The zero-order valence-electron chi connectivity index (χ0n) is 9.26. The number of nitrogens with zero attached hydrogens (tertiary/aromatic N) is 2. The molecule has 0 fully saturated rings. The van der Waals surface area contributed by atoms with Gasteiger partial charge < -0.3 is 0 Å². The fourth-order valence-electron chi connectivity index (χ4n) is 1.25. The van der Waals surface area contributed by atoms with Gasteiger partial charge in [0.05, 0.1) is 12.0 Å².